The zero-order chi connectivity index (χ0) is 15.9. The molecule has 118 valence electrons. The van der Waals surface area contributed by atoms with Gasteiger partial charge in [-0.3, -0.25) is 19.8 Å². The summed E-state index contributed by atoms with van der Waals surface area (Å²) in [6, 6.07) is -0.601. The lowest BCUT2D eigenvalue weighted by atomic mass is 9.90. The van der Waals surface area contributed by atoms with E-state index in [0.29, 0.717) is 19.4 Å². The molecule has 1 saturated heterocycles. The van der Waals surface area contributed by atoms with Crippen LogP contribution in [0.1, 0.15) is 32.6 Å². The average molecular weight is 297 g/mol. The van der Waals surface area contributed by atoms with E-state index in [1.54, 1.807) is 4.90 Å². The van der Waals surface area contributed by atoms with Crippen molar-refractivity contribution in [1.29, 1.82) is 0 Å². The Morgan fingerprint density at radius 3 is 2.71 bits per heavy atom. The van der Waals surface area contributed by atoms with Gasteiger partial charge in [-0.05, 0) is 25.8 Å². The summed E-state index contributed by atoms with van der Waals surface area (Å²) in [6.45, 7) is 6.10. The molecular formula is C14H23N3O4. The van der Waals surface area contributed by atoms with Gasteiger partial charge in [0, 0.05) is 6.54 Å². The zero-order valence-corrected chi connectivity index (χ0v) is 12.4. The van der Waals surface area contributed by atoms with E-state index >= 15 is 0 Å². The lowest BCUT2D eigenvalue weighted by Crippen LogP contribution is -2.54. The van der Waals surface area contributed by atoms with E-state index in [1.165, 1.54) is 6.08 Å². The first kappa shape index (κ1) is 17.2. The van der Waals surface area contributed by atoms with Crippen molar-refractivity contribution in [1.82, 2.24) is 15.5 Å². The summed E-state index contributed by atoms with van der Waals surface area (Å²) in [4.78, 5) is 36.5. The van der Waals surface area contributed by atoms with E-state index in [4.69, 9.17) is 0 Å². The molecular weight excluding hydrogens is 274 g/mol. The number of nitrogens with zero attached hydrogens (tertiary/aromatic N) is 1. The molecule has 7 nitrogen and oxygen atoms in total. The van der Waals surface area contributed by atoms with Crippen LogP contribution in [0.4, 0.5) is 4.79 Å². The Labute approximate surface area is 124 Å². The maximum absolute atomic E-state index is 11.9. The predicted octanol–water partition coefficient (Wildman–Crippen LogP) is 0.718. The molecule has 1 unspecified atom stereocenters. The molecule has 21 heavy (non-hydrogen) atoms. The van der Waals surface area contributed by atoms with Gasteiger partial charge in [-0.15, -0.1) is 6.58 Å². The first-order valence-electron chi connectivity index (χ1n) is 7.13. The van der Waals surface area contributed by atoms with Crippen molar-refractivity contribution in [2.45, 2.75) is 38.1 Å². The number of carboxylic acid groups (broad SMARTS) is 1. The Hall–Kier alpha value is -1.89. The fraction of sp³-hybridized carbons (Fsp3) is 0.643. The Bertz CT molecular complexity index is 424. The predicted molar refractivity (Wildman–Crippen MR) is 77.8 cm³/mol. The van der Waals surface area contributed by atoms with Gasteiger partial charge in [0.15, 0.2) is 0 Å². The molecule has 3 amide bonds. The second-order valence-electron chi connectivity index (χ2n) is 5.16. The van der Waals surface area contributed by atoms with Crippen molar-refractivity contribution >= 4 is 17.9 Å². The fourth-order valence-electron chi connectivity index (χ4n) is 2.76. The Balaban J connectivity index is 2.63. The molecule has 0 saturated carbocycles. The molecule has 1 aliphatic rings. The van der Waals surface area contributed by atoms with Crippen molar-refractivity contribution in [2.75, 3.05) is 19.6 Å². The molecule has 0 radical (unpaired) electrons. The van der Waals surface area contributed by atoms with E-state index in [9.17, 15) is 19.5 Å². The van der Waals surface area contributed by atoms with Crippen LogP contribution in [0.15, 0.2) is 12.7 Å². The second-order valence-corrected chi connectivity index (χ2v) is 5.16. The summed E-state index contributed by atoms with van der Waals surface area (Å²) in [7, 11) is 0. The van der Waals surface area contributed by atoms with Crippen LogP contribution in [-0.2, 0) is 9.59 Å². The van der Waals surface area contributed by atoms with Gasteiger partial charge < -0.3 is 10.4 Å². The molecule has 1 heterocycles. The number of aliphatic carboxylic acids is 1. The van der Waals surface area contributed by atoms with E-state index < -0.39 is 23.4 Å². The quantitative estimate of drug-likeness (QED) is 0.601. The highest BCUT2D eigenvalue weighted by molar-refractivity contribution is 5.95. The van der Waals surface area contributed by atoms with Crippen LogP contribution in [-0.4, -0.2) is 53.1 Å². The van der Waals surface area contributed by atoms with Crippen LogP contribution >= 0.6 is 0 Å². The number of hydrogen-bond donors (Lipinski definition) is 3. The Morgan fingerprint density at radius 2 is 2.14 bits per heavy atom. The number of carboxylic acids is 1. The standard InChI is InChI=1S/C14H23N3O4/c1-3-6-14(12(19)20)7-5-9-17(14)10-11(18)16-13(21)15-8-4-2/h4H,2-3,5-10H2,1H3,(H,19,20)(H2,15,16,18,21). The minimum atomic E-state index is -0.982. The molecule has 1 atom stereocenters. The number of amides is 3. The molecule has 1 aliphatic heterocycles. The number of rotatable bonds is 7. The van der Waals surface area contributed by atoms with Crippen molar-refractivity contribution in [3.63, 3.8) is 0 Å². The lowest BCUT2D eigenvalue weighted by Gasteiger charge is -2.34. The van der Waals surface area contributed by atoms with Crippen molar-refractivity contribution in [3.05, 3.63) is 12.7 Å². The van der Waals surface area contributed by atoms with Gasteiger partial charge in [0.25, 0.3) is 0 Å². The zero-order valence-electron chi connectivity index (χ0n) is 12.4. The van der Waals surface area contributed by atoms with Gasteiger partial charge in [-0.2, -0.15) is 0 Å². The molecule has 0 aromatic rings. The number of carbonyl (C=O) groups excluding carboxylic acids is 2. The molecule has 1 fully saturated rings. The molecule has 0 aliphatic carbocycles. The highest BCUT2D eigenvalue weighted by atomic mass is 16.4. The van der Waals surface area contributed by atoms with Crippen LogP contribution in [0.25, 0.3) is 0 Å². The highest BCUT2D eigenvalue weighted by Gasteiger charge is 2.47. The number of urea groups is 1. The summed E-state index contributed by atoms with van der Waals surface area (Å²) in [6.07, 6.45) is 4.00. The molecule has 3 N–H and O–H groups in total. The maximum atomic E-state index is 11.9. The van der Waals surface area contributed by atoms with Gasteiger partial charge in [0.2, 0.25) is 5.91 Å². The largest absolute Gasteiger partial charge is 0.480 e. The normalized spacial score (nSPS) is 21.8. The average Bonchev–Trinajstić information content (AvgIpc) is 2.81. The number of nitrogens with one attached hydrogen (secondary N) is 2. The van der Waals surface area contributed by atoms with Crippen molar-refractivity contribution in [3.8, 4) is 0 Å². The van der Waals surface area contributed by atoms with Crippen molar-refractivity contribution in [2.24, 2.45) is 0 Å². The van der Waals surface area contributed by atoms with E-state index in [1.807, 2.05) is 6.92 Å². The monoisotopic (exact) mass is 297 g/mol. The van der Waals surface area contributed by atoms with Gasteiger partial charge in [0.05, 0.1) is 6.54 Å². The summed E-state index contributed by atoms with van der Waals surface area (Å²) < 4.78 is 0. The highest BCUT2D eigenvalue weighted by Crippen LogP contribution is 2.33. The van der Waals surface area contributed by atoms with Crippen LogP contribution in [0.5, 0.6) is 0 Å². The van der Waals surface area contributed by atoms with Crippen LogP contribution in [0, 0.1) is 0 Å². The van der Waals surface area contributed by atoms with Crippen molar-refractivity contribution < 1.29 is 19.5 Å². The van der Waals surface area contributed by atoms with Crippen LogP contribution < -0.4 is 10.6 Å². The summed E-state index contributed by atoms with van der Waals surface area (Å²) in [5.74, 6) is -1.40. The number of imide groups is 1. The van der Waals surface area contributed by atoms with Crippen LogP contribution in [0.3, 0.4) is 0 Å². The Morgan fingerprint density at radius 1 is 1.43 bits per heavy atom. The number of carbonyl (C=O) groups is 3. The second kappa shape index (κ2) is 7.78. The molecule has 1 rings (SSSR count). The van der Waals surface area contributed by atoms with E-state index in [0.717, 1.165) is 12.8 Å². The summed E-state index contributed by atoms with van der Waals surface area (Å²) in [5, 5.41) is 14.1. The molecule has 0 spiro atoms. The van der Waals surface area contributed by atoms with Gasteiger partial charge in [-0.1, -0.05) is 19.4 Å². The molecule has 0 aromatic carbocycles. The lowest BCUT2D eigenvalue weighted by molar-refractivity contribution is -0.150. The van der Waals surface area contributed by atoms with E-state index in [-0.39, 0.29) is 13.1 Å². The topological polar surface area (TPSA) is 98.7 Å². The first-order chi connectivity index (χ1) is 9.96. The summed E-state index contributed by atoms with van der Waals surface area (Å²) >= 11 is 0. The minimum Gasteiger partial charge on any atom is -0.480 e. The molecule has 7 heteroatoms. The minimum absolute atomic E-state index is 0.0895. The number of likely N-dealkylation sites (tertiary alicyclic amines) is 1. The molecule has 0 aromatic heterocycles. The first-order valence-corrected chi connectivity index (χ1v) is 7.13. The third-order valence-electron chi connectivity index (χ3n) is 3.68. The SMILES string of the molecule is C=CCNC(=O)NC(=O)CN1CCCC1(CCC)C(=O)O. The fourth-order valence-corrected chi connectivity index (χ4v) is 2.76. The van der Waals surface area contributed by atoms with E-state index in [2.05, 4.69) is 17.2 Å². The number of hydrogen-bond acceptors (Lipinski definition) is 4. The third kappa shape index (κ3) is 4.29. The Kier molecular flexibility index (Phi) is 6.36. The van der Waals surface area contributed by atoms with Gasteiger partial charge >= 0.3 is 12.0 Å². The maximum Gasteiger partial charge on any atom is 0.324 e. The van der Waals surface area contributed by atoms with Gasteiger partial charge in [-0.25, -0.2) is 4.79 Å². The smallest absolute Gasteiger partial charge is 0.324 e. The molecule has 0 bridgehead atoms. The third-order valence-corrected chi connectivity index (χ3v) is 3.68. The summed E-state index contributed by atoms with van der Waals surface area (Å²) in [5.41, 5.74) is -0.982. The van der Waals surface area contributed by atoms with Gasteiger partial charge in [0.1, 0.15) is 5.54 Å². The van der Waals surface area contributed by atoms with Crippen LogP contribution in [0.2, 0.25) is 0 Å².